The van der Waals surface area contributed by atoms with Gasteiger partial charge in [0.2, 0.25) is 0 Å². The number of nitrogens with one attached hydrogen (secondary N) is 1. The summed E-state index contributed by atoms with van der Waals surface area (Å²) >= 11 is 3.32. The number of hydrogen-bond donors (Lipinski definition) is 2. The molecule has 0 saturated carbocycles. The second kappa shape index (κ2) is 5.89. The predicted octanol–water partition coefficient (Wildman–Crippen LogP) is 3.52. The van der Waals surface area contributed by atoms with Gasteiger partial charge in [-0.1, -0.05) is 36.4 Å². The Labute approximate surface area is 121 Å². The second-order valence-electron chi connectivity index (χ2n) is 4.31. The largest absolute Gasteiger partial charge is 0.397 e. The summed E-state index contributed by atoms with van der Waals surface area (Å²) in [4.78, 5) is 12.2. The van der Waals surface area contributed by atoms with Gasteiger partial charge < -0.3 is 11.1 Å². The molecule has 0 aliphatic heterocycles. The van der Waals surface area contributed by atoms with E-state index in [9.17, 15) is 4.79 Å². The van der Waals surface area contributed by atoms with Crippen molar-refractivity contribution < 1.29 is 4.79 Å². The van der Waals surface area contributed by atoms with Gasteiger partial charge in [-0.3, -0.25) is 4.79 Å². The van der Waals surface area contributed by atoms with Crippen molar-refractivity contribution in [3.8, 4) is 0 Å². The van der Waals surface area contributed by atoms with Crippen LogP contribution in [0.15, 0.2) is 53.0 Å². The highest BCUT2D eigenvalue weighted by molar-refractivity contribution is 9.10. The zero-order chi connectivity index (χ0) is 13.8. The van der Waals surface area contributed by atoms with Crippen molar-refractivity contribution in [1.82, 2.24) is 5.32 Å². The number of halogens is 1. The van der Waals surface area contributed by atoms with Crippen molar-refractivity contribution in [2.24, 2.45) is 0 Å². The Morgan fingerprint density at radius 2 is 1.84 bits per heavy atom. The first-order valence-corrected chi connectivity index (χ1v) is 6.78. The van der Waals surface area contributed by atoms with Crippen LogP contribution in [0.1, 0.15) is 28.9 Å². The molecule has 98 valence electrons. The summed E-state index contributed by atoms with van der Waals surface area (Å²) < 4.78 is 0.729. The van der Waals surface area contributed by atoms with E-state index in [0.717, 1.165) is 10.0 Å². The average Bonchev–Trinajstić information content (AvgIpc) is 2.42. The quantitative estimate of drug-likeness (QED) is 0.851. The van der Waals surface area contributed by atoms with E-state index in [0.29, 0.717) is 11.3 Å². The maximum Gasteiger partial charge on any atom is 0.253 e. The van der Waals surface area contributed by atoms with Crippen LogP contribution in [0.25, 0.3) is 0 Å². The van der Waals surface area contributed by atoms with Gasteiger partial charge in [-0.2, -0.15) is 0 Å². The van der Waals surface area contributed by atoms with E-state index >= 15 is 0 Å². The van der Waals surface area contributed by atoms with Gasteiger partial charge >= 0.3 is 0 Å². The molecule has 3 N–H and O–H groups in total. The molecule has 0 aliphatic rings. The van der Waals surface area contributed by atoms with Gasteiger partial charge in [-0.05, 0) is 40.5 Å². The molecule has 0 saturated heterocycles. The van der Waals surface area contributed by atoms with Gasteiger partial charge in [-0.15, -0.1) is 0 Å². The third-order valence-electron chi connectivity index (χ3n) is 2.94. The second-order valence-corrected chi connectivity index (χ2v) is 5.16. The van der Waals surface area contributed by atoms with Crippen molar-refractivity contribution in [2.45, 2.75) is 13.0 Å². The molecule has 2 rings (SSSR count). The Balaban J connectivity index is 2.16. The lowest BCUT2D eigenvalue weighted by molar-refractivity contribution is 0.0940. The van der Waals surface area contributed by atoms with Crippen molar-refractivity contribution in [1.29, 1.82) is 0 Å². The maximum atomic E-state index is 12.2. The van der Waals surface area contributed by atoms with E-state index in [4.69, 9.17) is 5.73 Å². The van der Waals surface area contributed by atoms with Crippen LogP contribution in [0.4, 0.5) is 5.69 Å². The summed E-state index contributed by atoms with van der Waals surface area (Å²) in [5.74, 6) is -0.171. The molecule has 0 aromatic heterocycles. The van der Waals surface area contributed by atoms with E-state index in [2.05, 4.69) is 21.2 Å². The van der Waals surface area contributed by atoms with Gasteiger partial charge in [0, 0.05) is 4.47 Å². The third-order valence-corrected chi connectivity index (χ3v) is 3.64. The molecule has 1 amide bonds. The minimum atomic E-state index is -0.171. The van der Waals surface area contributed by atoms with Crippen LogP contribution in [0.3, 0.4) is 0 Å². The first kappa shape index (κ1) is 13.6. The number of amides is 1. The maximum absolute atomic E-state index is 12.2. The lowest BCUT2D eigenvalue weighted by atomic mass is 10.1. The Morgan fingerprint density at radius 3 is 2.53 bits per heavy atom. The fourth-order valence-corrected chi connectivity index (χ4v) is 2.20. The standard InChI is InChI=1S/C15H15BrN2O/c1-10(11-6-3-2-4-7-11)18-15(19)12-8-5-9-13(16)14(12)17/h2-10H,17H2,1H3,(H,18,19). The molecule has 0 heterocycles. The molecular formula is C15H15BrN2O. The number of benzene rings is 2. The Bertz CT molecular complexity index is 584. The van der Waals surface area contributed by atoms with Gasteiger partial charge in [-0.25, -0.2) is 0 Å². The van der Waals surface area contributed by atoms with E-state index in [-0.39, 0.29) is 11.9 Å². The van der Waals surface area contributed by atoms with E-state index in [1.54, 1.807) is 12.1 Å². The molecule has 2 aromatic carbocycles. The lowest BCUT2D eigenvalue weighted by Crippen LogP contribution is -2.27. The summed E-state index contributed by atoms with van der Waals surface area (Å²) in [6.07, 6.45) is 0. The van der Waals surface area contributed by atoms with Crippen LogP contribution >= 0.6 is 15.9 Å². The zero-order valence-electron chi connectivity index (χ0n) is 10.6. The third kappa shape index (κ3) is 3.15. The number of carbonyl (C=O) groups is 1. The SMILES string of the molecule is CC(NC(=O)c1cccc(Br)c1N)c1ccccc1. The molecule has 3 nitrogen and oxygen atoms in total. The minimum Gasteiger partial charge on any atom is -0.397 e. The van der Waals surface area contributed by atoms with E-state index < -0.39 is 0 Å². The number of para-hydroxylation sites is 1. The number of nitrogen functional groups attached to an aromatic ring is 1. The van der Waals surface area contributed by atoms with Crippen LogP contribution < -0.4 is 11.1 Å². The monoisotopic (exact) mass is 318 g/mol. The predicted molar refractivity (Wildman–Crippen MR) is 80.9 cm³/mol. The van der Waals surface area contributed by atoms with E-state index in [1.165, 1.54) is 0 Å². The smallest absolute Gasteiger partial charge is 0.253 e. The molecule has 1 atom stereocenters. The molecule has 0 spiro atoms. The number of nitrogens with two attached hydrogens (primary N) is 1. The Morgan fingerprint density at radius 1 is 1.16 bits per heavy atom. The molecule has 19 heavy (non-hydrogen) atoms. The van der Waals surface area contributed by atoms with Crippen molar-refractivity contribution in [2.75, 3.05) is 5.73 Å². The summed E-state index contributed by atoms with van der Waals surface area (Å²) in [5.41, 5.74) is 7.89. The van der Waals surface area contributed by atoms with Crippen LogP contribution in [-0.4, -0.2) is 5.91 Å². The topological polar surface area (TPSA) is 55.1 Å². The van der Waals surface area contributed by atoms with Crippen molar-refractivity contribution in [3.05, 3.63) is 64.1 Å². The van der Waals surface area contributed by atoms with Crippen LogP contribution in [0, 0.1) is 0 Å². The molecule has 1 unspecified atom stereocenters. The van der Waals surface area contributed by atoms with Gasteiger partial charge in [0.1, 0.15) is 0 Å². The normalized spacial score (nSPS) is 11.9. The summed E-state index contributed by atoms with van der Waals surface area (Å²) in [6, 6.07) is 15.1. The molecule has 2 aromatic rings. The molecule has 0 radical (unpaired) electrons. The van der Waals surface area contributed by atoms with E-state index in [1.807, 2.05) is 43.3 Å². The number of hydrogen-bond acceptors (Lipinski definition) is 2. The number of carbonyl (C=O) groups excluding carboxylic acids is 1. The Kier molecular flexibility index (Phi) is 4.22. The van der Waals surface area contributed by atoms with Crippen LogP contribution in [-0.2, 0) is 0 Å². The van der Waals surface area contributed by atoms with Gasteiger partial charge in [0.15, 0.2) is 0 Å². The van der Waals surface area contributed by atoms with Gasteiger partial charge in [0.25, 0.3) is 5.91 Å². The molecule has 0 aliphatic carbocycles. The average molecular weight is 319 g/mol. The number of rotatable bonds is 3. The van der Waals surface area contributed by atoms with Crippen molar-refractivity contribution in [3.63, 3.8) is 0 Å². The summed E-state index contributed by atoms with van der Waals surface area (Å²) in [7, 11) is 0. The van der Waals surface area contributed by atoms with Gasteiger partial charge in [0.05, 0.1) is 17.3 Å². The zero-order valence-corrected chi connectivity index (χ0v) is 12.1. The Hall–Kier alpha value is -1.81. The highest BCUT2D eigenvalue weighted by Crippen LogP contribution is 2.23. The van der Waals surface area contributed by atoms with Crippen molar-refractivity contribution >= 4 is 27.5 Å². The molecule has 0 fully saturated rings. The molecular weight excluding hydrogens is 304 g/mol. The number of anilines is 1. The fourth-order valence-electron chi connectivity index (χ4n) is 1.83. The van der Waals surface area contributed by atoms with Crippen LogP contribution in [0.5, 0.6) is 0 Å². The molecule has 0 bridgehead atoms. The molecule has 4 heteroatoms. The minimum absolute atomic E-state index is 0.0629. The summed E-state index contributed by atoms with van der Waals surface area (Å²) in [5, 5.41) is 2.94. The highest BCUT2D eigenvalue weighted by atomic mass is 79.9. The first-order chi connectivity index (χ1) is 9.09. The van der Waals surface area contributed by atoms with Crippen LogP contribution in [0.2, 0.25) is 0 Å². The lowest BCUT2D eigenvalue weighted by Gasteiger charge is -2.15. The fraction of sp³-hybridized carbons (Fsp3) is 0.133. The summed E-state index contributed by atoms with van der Waals surface area (Å²) in [6.45, 7) is 1.95. The first-order valence-electron chi connectivity index (χ1n) is 5.99. The highest BCUT2D eigenvalue weighted by Gasteiger charge is 2.14.